The van der Waals surface area contributed by atoms with Gasteiger partial charge in [0.25, 0.3) is 5.82 Å². The van der Waals surface area contributed by atoms with Gasteiger partial charge in [0.15, 0.2) is 0 Å². The molecule has 0 radical (unpaired) electrons. The average Bonchev–Trinajstić information content (AvgIpc) is 3.71. The molecule has 9 aromatic rings. The van der Waals surface area contributed by atoms with Gasteiger partial charge in [-0.1, -0.05) is 84.9 Å². The van der Waals surface area contributed by atoms with Gasteiger partial charge < -0.3 is 9.13 Å². The van der Waals surface area contributed by atoms with Crippen molar-refractivity contribution < 1.29 is 4.52 Å². The molecule has 0 atom stereocenters. The molecule has 0 saturated carbocycles. The molecular weight excluding hydrogens is 502 g/mol. The highest BCUT2D eigenvalue weighted by molar-refractivity contribution is 6.11. The second-order valence-corrected chi connectivity index (χ2v) is 10.4. The monoisotopic (exact) mass is 526 g/mol. The van der Waals surface area contributed by atoms with Crippen LogP contribution in [0.2, 0.25) is 0 Å². The van der Waals surface area contributed by atoms with E-state index in [0.717, 1.165) is 50.5 Å². The lowest BCUT2D eigenvalue weighted by Gasteiger charge is -2.17. The fourth-order valence-electron chi connectivity index (χ4n) is 6.50. The van der Waals surface area contributed by atoms with Crippen LogP contribution in [-0.4, -0.2) is 19.2 Å². The summed E-state index contributed by atoms with van der Waals surface area (Å²) in [6, 6.07) is 47.3. The van der Waals surface area contributed by atoms with Crippen LogP contribution < -0.4 is 4.52 Å². The number of nitrogens with one attached hydrogen (secondary N) is 1. The Morgan fingerprint density at radius 3 is 1.37 bits per heavy atom. The summed E-state index contributed by atoms with van der Waals surface area (Å²) in [6.45, 7) is 0. The minimum absolute atomic E-state index is 0.811. The quantitative estimate of drug-likeness (QED) is 0.233. The van der Waals surface area contributed by atoms with Gasteiger partial charge in [0.05, 0.1) is 39.0 Å². The molecule has 0 spiro atoms. The van der Waals surface area contributed by atoms with Crippen molar-refractivity contribution in [3.05, 3.63) is 140 Å². The lowest BCUT2D eigenvalue weighted by molar-refractivity contribution is -0.576. The molecule has 41 heavy (non-hydrogen) atoms. The van der Waals surface area contributed by atoms with Crippen LogP contribution in [0.5, 0.6) is 0 Å². The van der Waals surface area contributed by atoms with Gasteiger partial charge in [0.2, 0.25) is 0 Å². The molecule has 5 aromatic carbocycles. The van der Waals surface area contributed by atoms with Crippen LogP contribution in [0.1, 0.15) is 0 Å². The molecule has 4 aromatic heterocycles. The lowest BCUT2D eigenvalue weighted by atomic mass is 10.1. The van der Waals surface area contributed by atoms with E-state index in [4.69, 9.17) is 5.10 Å². The minimum atomic E-state index is 0.811. The molecule has 0 saturated heterocycles. The van der Waals surface area contributed by atoms with E-state index in [2.05, 4.69) is 135 Å². The van der Waals surface area contributed by atoms with E-state index >= 15 is 0 Å². The topological polar surface area (TPSA) is 42.6 Å². The summed E-state index contributed by atoms with van der Waals surface area (Å²) in [7, 11) is 0. The van der Waals surface area contributed by atoms with Crippen molar-refractivity contribution in [2.75, 3.05) is 0 Å². The number of fused-ring (bicyclic) bond motifs is 7. The molecule has 0 fully saturated rings. The summed E-state index contributed by atoms with van der Waals surface area (Å²) in [5, 5.41) is 10.0. The normalized spacial score (nSPS) is 11.9. The fraction of sp³-hybridized carbons (Fsp3) is 0. The Morgan fingerprint density at radius 1 is 0.463 bits per heavy atom. The van der Waals surface area contributed by atoms with E-state index in [9.17, 15) is 0 Å². The number of aromatic amines is 1. The zero-order valence-electron chi connectivity index (χ0n) is 22.1. The average molecular weight is 527 g/mol. The Bertz CT molecular complexity index is 2170. The van der Waals surface area contributed by atoms with Crippen molar-refractivity contribution in [2.45, 2.75) is 0 Å². The van der Waals surface area contributed by atoms with Gasteiger partial charge >= 0.3 is 5.65 Å². The predicted octanol–water partition coefficient (Wildman–Crippen LogP) is 8.01. The van der Waals surface area contributed by atoms with E-state index in [0.29, 0.717) is 0 Å². The van der Waals surface area contributed by atoms with Crippen molar-refractivity contribution >= 4 is 49.3 Å². The van der Waals surface area contributed by atoms with Crippen LogP contribution in [0.25, 0.3) is 72.0 Å². The molecule has 4 heterocycles. The third kappa shape index (κ3) is 3.11. The van der Waals surface area contributed by atoms with Gasteiger partial charge in [-0.2, -0.15) is 0 Å². The molecule has 0 amide bonds. The number of H-pyrrole nitrogens is 1. The van der Waals surface area contributed by atoms with Gasteiger partial charge in [-0.05, 0) is 47.6 Å². The summed E-state index contributed by atoms with van der Waals surface area (Å²) < 4.78 is 6.68. The molecular formula is C36H24N5+. The first kappa shape index (κ1) is 22.2. The van der Waals surface area contributed by atoms with Crippen LogP contribution in [0.4, 0.5) is 0 Å². The van der Waals surface area contributed by atoms with Crippen LogP contribution >= 0.6 is 0 Å². The molecule has 0 aliphatic heterocycles. The maximum absolute atomic E-state index is 5.08. The third-order valence-electron chi connectivity index (χ3n) is 8.19. The van der Waals surface area contributed by atoms with Gasteiger partial charge in [0, 0.05) is 27.6 Å². The first-order valence-corrected chi connectivity index (χ1v) is 13.8. The largest absolute Gasteiger partial charge is 0.308 e. The maximum atomic E-state index is 5.08. The number of benzene rings is 5. The number of rotatable bonds is 3. The van der Waals surface area contributed by atoms with Crippen LogP contribution in [0, 0.1) is 0 Å². The SMILES string of the molecule is c1cc(-n2c3ccccc3c3ccccc32)c(-c2n[n+]3ccccc3[nH]2)c(-n2c3ccccc3c3ccccc32)c1. The Hall–Kier alpha value is -5.68. The number of hydrogen-bond donors (Lipinski definition) is 1. The number of pyridine rings is 1. The maximum Gasteiger partial charge on any atom is 0.306 e. The van der Waals surface area contributed by atoms with Crippen molar-refractivity contribution in [1.29, 1.82) is 0 Å². The Balaban J connectivity index is 1.48. The van der Waals surface area contributed by atoms with Crippen molar-refractivity contribution in [2.24, 2.45) is 0 Å². The summed E-state index contributed by atoms with van der Waals surface area (Å²) >= 11 is 0. The lowest BCUT2D eigenvalue weighted by Crippen LogP contribution is -2.21. The highest BCUT2D eigenvalue weighted by Crippen LogP contribution is 2.40. The second-order valence-electron chi connectivity index (χ2n) is 10.4. The first-order valence-electron chi connectivity index (χ1n) is 13.8. The van der Waals surface area contributed by atoms with E-state index in [-0.39, 0.29) is 0 Å². The second kappa shape index (κ2) is 8.41. The Kier molecular flexibility index (Phi) is 4.55. The van der Waals surface area contributed by atoms with Crippen molar-refractivity contribution in [3.63, 3.8) is 0 Å². The van der Waals surface area contributed by atoms with Crippen molar-refractivity contribution in [3.8, 4) is 22.8 Å². The Morgan fingerprint density at radius 2 is 0.902 bits per heavy atom. The smallest absolute Gasteiger partial charge is 0.306 e. The summed E-state index contributed by atoms with van der Waals surface area (Å²) in [5.74, 6) is 0.811. The van der Waals surface area contributed by atoms with E-state index in [1.165, 1.54) is 21.5 Å². The summed E-state index contributed by atoms with van der Waals surface area (Å²) in [4.78, 5) is 3.63. The highest BCUT2D eigenvalue weighted by atomic mass is 15.3. The molecule has 1 N–H and O–H groups in total. The molecule has 5 nitrogen and oxygen atoms in total. The predicted molar refractivity (Wildman–Crippen MR) is 166 cm³/mol. The zero-order valence-corrected chi connectivity index (χ0v) is 22.1. The van der Waals surface area contributed by atoms with Gasteiger partial charge in [-0.25, -0.2) is 4.98 Å². The van der Waals surface area contributed by atoms with Crippen LogP contribution in [-0.2, 0) is 0 Å². The fourth-order valence-corrected chi connectivity index (χ4v) is 6.50. The number of nitrogens with zero attached hydrogens (tertiary/aromatic N) is 4. The Labute approximate surface area is 235 Å². The minimum Gasteiger partial charge on any atom is -0.308 e. The van der Waals surface area contributed by atoms with Gasteiger partial charge in [-0.15, -0.1) is 4.52 Å². The molecule has 9 rings (SSSR count). The highest BCUT2D eigenvalue weighted by Gasteiger charge is 2.25. The summed E-state index contributed by atoms with van der Waals surface area (Å²) in [6.07, 6.45) is 1.98. The first-order chi connectivity index (χ1) is 20.4. The standard InChI is InChI=1S/C36H23N5/c1-5-16-28-24(12-1)25-13-2-6-17-29(25)40(28)32-20-11-21-33(35(32)36-37-34-22-9-10-23-39(34)38-36)41-30-18-7-3-14-26(30)27-15-4-8-19-31(27)41/h1-23H/p+1. The molecule has 0 unspecified atom stereocenters. The third-order valence-corrected chi connectivity index (χ3v) is 8.19. The number of para-hydroxylation sites is 4. The zero-order chi connectivity index (χ0) is 26.9. The van der Waals surface area contributed by atoms with Crippen LogP contribution in [0.3, 0.4) is 0 Å². The van der Waals surface area contributed by atoms with E-state index < -0.39 is 0 Å². The number of aromatic nitrogens is 5. The molecule has 5 heteroatoms. The molecule has 0 bridgehead atoms. The van der Waals surface area contributed by atoms with Gasteiger partial charge in [0.1, 0.15) is 6.20 Å². The van der Waals surface area contributed by atoms with Crippen molar-refractivity contribution in [1.82, 2.24) is 19.2 Å². The molecule has 0 aliphatic rings. The molecule has 192 valence electrons. The van der Waals surface area contributed by atoms with E-state index in [1.54, 1.807) is 0 Å². The molecule has 0 aliphatic carbocycles. The van der Waals surface area contributed by atoms with Gasteiger partial charge in [-0.3, -0.25) is 0 Å². The van der Waals surface area contributed by atoms with E-state index in [1.807, 2.05) is 22.8 Å². The number of hydrogen-bond acceptors (Lipinski definition) is 1. The van der Waals surface area contributed by atoms with Crippen LogP contribution in [0.15, 0.2) is 140 Å². The summed E-state index contributed by atoms with van der Waals surface area (Å²) in [5.41, 5.74) is 8.78.